The SMILES string of the molecule is COc1cc(=O)n2c(c1C(=O)N1CCC[C@H](O)C1)CCN(Cc1sccc1C)CC2. The monoisotopic (exact) mass is 431 g/mol. The Bertz CT molecular complexity index is 983. The van der Waals surface area contributed by atoms with Crippen LogP contribution >= 0.6 is 11.3 Å². The molecule has 30 heavy (non-hydrogen) atoms. The molecule has 0 saturated carbocycles. The zero-order valence-electron chi connectivity index (χ0n) is 17.6. The number of β-amino-alcohol motifs (C(OH)–C–C–N with tert-alkyl or cyclic N) is 1. The molecule has 1 fully saturated rings. The van der Waals surface area contributed by atoms with E-state index in [1.165, 1.54) is 23.6 Å². The lowest BCUT2D eigenvalue weighted by molar-refractivity contribution is 0.0469. The molecule has 1 N–H and O–H groups in total. The minimum atomic E-state index is -0.497. The number of rotatable bonds is 4. The number of aryl methyl sites for hydroxylation is 1. The number of aliphatic hydroxyl groups is 1. The molecule has 1 amide bonds. The molecular formula is C22H29N3O4S. The Morgan fingerprint density at radius 1 is 1.30 bits per heavy atom. The lowest BCUT2D eigenvalue weighted by atomic mass is 10.0. The molecule has 0 radical (unpaired) electrons. The molecule has 4 heterocycles. The van der Waals surface area contributed by atoms with Gasteiger partial charge in [0.15, 0.2) is 0 Å². The Labute approximate surface area is 180 Å². The summed E-state index contributed by atoms with van der Waals surface area (Å²) in [4.78, 5) is 31.6. The summed E-state index contributed by atoms with van der Waals surface area (Å²) in [7, 11) is 1.50. The van der Waals surface area contributed by atoms with E-state index in [1.54, 1.807) is 20.8 Å². The van der Waals surface area contributed by atoms with Crippen molar-refractivity contribution in [1.29, 1.82) is 0 Å². The third-order valence-corrected chi connectivity index (χ3v) is 7.15. The van der Waals surface area contributed by atoms with Crippen molar-refractivity contribution in [3.8, 4) is 5.75 Å². The minimum Gasteiger partial charge on any atom is -0.496 e. The van der Waals surface area contributed by atoms with Gasteiger partial charge in [0.2, 0.25) is 0 Å². The predicted molar refractivity (Wildman–Crippen MR) is 116 cm³/mol. The summed E-state index contributed by atoms with van der Waals surface area (Å²) in [6.07, 6.45) is 1.60. The van der Waals surface area contributed by atoms with E-state index in [2.05, 4.69) is 23.3 Å². The molecular weight excluding hydrogens is 402 g/mol. The Kier molecular flexibility index (Phi) is 6.26. The smallest absolute Gasteiger partial charge is 0.259 e. The van der Waals surface area contributed by atoms with E-state index < -0.39 is 6.10 Å². The van der Waals surface area contributed by atoms with E-state index in [9.17, 15) is 14.7 Å². The average Bonchev–Trinajstić information content (AvgIpc) is 3.01. The van der Waals surface area contributed by atoms with E-state index in [0.717, 1.165) is 31.7 Å². The molecule has 7 nitrogen and oxygen atoms in total. The van der Waals surface area contributed by atoms with Crippen LogP contribution in [0.4, 0.5) is 0 Å². The number of fused-ring (bicyclic) bond motifs is 1. The van der Waals surface area contributed by atoms with Crippen LogP contribution in [0, 0.1) is 6.92 Å². The highest BCUT2D eigenvalue weighted by atomic mass is 32.1. The molecule has 0 unspecified atom stereocenters. The van der Waals surface area contributed by atoms with E-state index in [4.69, 9.17) is 4.74 Å². The van der Waals surface area contributed by atoms with Gasteiger partial charge in [0.05, 0.1) is 13.2 Å². The maximum absolute atomic E-state index is 13.4. The van der Waals surface area contributed by atoms with Crippen molar-refractivity contribution >= 4 is 17.2 Å². The number of amides is 1. The Balaban J connectivity index is 1.64. The van der Waals surface area contributed by atoms with Crippen LogP contribution in [-0.4, -0.2) is 64.8 Å². The first-order valence-corrected chi connectivity index (χ1v) is 11.4. The summed E-state index contributed by atoms with van der Waals surface area (Å²) in [5.41, 5.74) is 2.38. The molecule has 1 atom stereocenters. The van der Waals surface area contributed by atoms with Gasteiger partial charge in [-0.3, -0.25) is 14.5 Å². The predicted octanol–water partition coefficient (Wildman–Crippen LogP) is 1.88. The van der Waals surface area contributed by atoms with Crippen molar-refractivity contribution in [2.45, 2.75) is 45.4 Å². The third-order valence-electron chi connectivity index (χ3n) is 6.14. The number of carbonyl (C=O) groups excluding carboxylic acids is 1. The van der Waals surface area contributed by atoms with Crippen molar-refractivity contribution in [1.82, 2.24) is 14.4 Å². The molecule has 2 aliphatic rings. The van der Waals surface area contributed by atoms with E-state index >= 15 is 0 Å². The molecule has 4 rings (SSSR count). The zero-order valence-corrected chi connectivity index (χ0v) is 18.4. The number of pyridine rings is 1. The molecule has 8 heteroatoms. The number of piperidine rings is 1. The van der Waals surface area contributed by atoms with Gasteiger partial charge in [0.1, 0.15) is 11.3 Å². The number of carbonyl (C=O) groups is 1. The van der Waals surface area contributed by atoms with Crippen LogP contribution in [0.2, 0.25) is 0 Å². The van der Waals surface area contributed by atoms with E-state index in [-0.39, 0.29) is 11.5 Å². The van der Waals surface area contributed by atoms with Crippen molar-refractivity contribution in [3.63, 3.8) is 0 Å². The molecule has 2 aliphatic heterocycles. The number of methoxy groups -OCH3 is 1. The number of thiophene rings is 1. The van der Waals surface area contributed by atoms with E-state index in [1.807, 2.05) is 0 Å². The first kappa shape index (κ1) is 21.1. The van der Waals surface area contributed by atoms with Gasteiger partial charge in [-0.15, -0.1) is 11.3 Å². The fourth-order valence-corrected chi connectivity index (χ4v) is 5.36. The quantitative estimate of drug-likeness (QED) is 0.800. The highest BCUT2D eigenvalue weighted by Crippen LogP contribution is 2.27. The number of nitrogens with zero attached hydrogens (tertiary/aromatic N) is 3. The van der Waals surface area contributed by atoms with Crippen LogP contribution in [0.15, 0.2) is 22.3 Å². The van der Waals surface area contributed by atoms with Crippen LogP contribution in [0.3, 0.4) is 0 Å². The Morgan fingerprint density at radius 3 is 2.83 bits per heavy atom. The van der Waals surface area contributed by atoms with Crippen LogP contribution in [0.1, 0.15) is 39.3 Å². The second-order valence-corrected chi connectivity index (χ2v) is 9.13. The van der Waals surface area contributed by atoms with Crippen LogP contribution in [-0.2, 0) is 19.5 Å². The average molecular weight is 432 g/mol. The molecule has 0 aliphatic carbocycles. The summed E-state index contributed by atoms with van der Waals surface area (Å²) in [6.45, 7) is 5.99. The first-order valence-electron chi connectivity index (χ1n) is 10.5. The van der Waals surface area contributed by atoms with Crippen molar-refractivity contribution in [3.05, 3.63) is 49.6 Å². The second kappa shape index (κ2) is 8.91. The minimum absolute atomic E-state index is 0.133. The molecule has 2 aromatic rings. The number of aromatic nitrogens is 1. The van der Waals surface area contributed by atoms with Gasteiger partial charge in [-0.05, 0) is 36.8 Å². The third kappa shape index (κ3) is 4.17. The van der Waals surface area contributed by atoms with Crippen LogP contribution < -0.4 is 10.3 Å². The summed E-state index contributed by atoms with van der Waals surface area (Å²) in [5, 5.41) is 12.1. The summed E-state index contributed by atoms with van der Waals surface area (Å²) in [5.74, 6) is 0.177. The van der Waals surface area contributed by atoms with Gasteiger partial charge in [-0.1, -0.05) is 0 Å². The summed E-state index contributed by atoms with van der Waals surface area (Å²) >= 11 is 1.76. The number of hydrogen-bond donors (Lipinski definition) is 1. The first-order chi connectivity index (χ1) is 14.5. The Morgan fingerprint density at radius 2 is 2.13 bits per heavy atom. The summed E-state index contributed by atoms with van der Waals surface area (Å²) < 4.78 is 7.20. The number of ether oxygens (including phenoxy) is 1. The molecule has 162 valence electrons. The van der Waals surface area contributed by atoms with Gasteiger partial charge >= 0.3 is 0 Å². The lowest BCUT2D eigenvalue weighted by Crippen LogP contribution is -2.43. The van der Waals surface area contributed by atoms with Crippen LogP contribution in [0.25, 0.3) is 0 Å². The highest BCUT2D eigenvalue weighted by molar-refractivity contribution is 7.10. The van der Waals surface area contributed by atoms with Crippen molar-refractivity contribution in [2.24, 2.45) is 0 Å². The van der Waals surface area contributed by atoms with Gasteiger partial charge in [-0.2, -0.15) is 0 Å². The fraction of sp³-hybridized carbons (Fsp3) is 0.545. The summed E-state index contributed by atoms with van der Waals surface area (Å²) in [6, 6.07) is 3.56. The van der Waals surface area contributed by atoms with Gasteiger partial charge in [-0.25, -0.2) is 0 Å². The molecule has 2 aromatic heterocycles. The van der Waals surface area contributed by atoms with Crippen LogP contribution in [0.5, 0.6) is 5.75 Å². The highest BCUT2D eigenvalue weighted by Gasteiger charge is 2.30. The normalized spacial score (nSPS) is 20.0. The maximum Gasteiger partial charge on any atom is 0.259 e. The zero-order chi connectivity index (χ0) is 21.3. The van der Waals surface area contributed by atoms with E-state index in [0.29, 0.717) is 43.8 Å². The number of hydrogen-bond acceptors (Lipinski definition) is 6. The lowest BCUT2D eigenvalue weighted by Gasteiger charge is -2.31. The number of aliphatic hydroxyl groups excluding tert-OH is 1. The number of likely N-dealkylation sites (tertiary alicyclic amines) is 1. The molecule has 0 aromatic carbocycles. The van der Waals surface area contributed by atoms with Gasteiger partial charge in [0, 0.05) is 62.3 Å². The second-order valence-electron chi connectivity index (χ2n) is 8.12. The largest absolute Gasteiger partial charge is 0.496 e. The van der Waals surface area contributed by atoms with Gasteiger partial charge < -0.3 is 19.3 Å². The molecule has 0 bridgehead atoms. The van der Waals surface area contributed by atoms with Gasteiger partial charge in [0.25, 0.3) is 11.5 Å². The standard InChI is InChI=1S/C22H29N3O4S/c1-15-6-11-30-19(15)14-23-8-5-17-21(22(28)24-7-3-4-16(26)13-24)18(29-2)12-20(27)25(17)10-9-23/h6,11-12,16,26H,3-5,7-10,13-14H2,1-2H3/t16-/m0/s1. The molecule has 1 saturated heterocycles. The topological polar surface area (TPSA) is 75.0 Å². The maximum atomic E-state index is 13.4. The Hall–Kier alpha value is -2.16. The van der Waals surface area contributed by atoms with Crippen molar-refractivity contribution < 1.29 is 14.6 Å². The fourth-order valence-electron chi connectivity index (χ4n) is 4.41. The molecule has 0 spiro atoms. The van der Waals surface area contributed by atoms with Crippen molar-refractivity contribution in [2.75, 3.05) is 33.3 Å².